The average Bonchev–Trinajstić information content (AvgIpc) is 3.35. The Morgan fingerprint density at radius 1 is 1.00 bits per heavy atom. The van der Waals surface area contributed by atoms with E-state index in [1.807, 2.05) is 33.7 Å². The molecule has 0 bridgehead atoms. The standard InChI is InChI=1S/C23H30N4O2/c1-23(2,3)16-10-4-5-11-17(16)24-21(28)20-25-19(18-12-6-7-15-27(18)20)22(29)26-13-8-9-14-26/h4-5,10-11H,6-9,12-15H2,1-3H3,(H,24,28). The summed E-state index contributed by atoms with van der Waals surface area (Å²) in [5, 5.41) is 3.06. The number of para-hydroxylation sites is 1. The number of nitrogens with one attached hydrogen (secondary N) is 1. The molecule has 1 saturated heterocycles. The molecule has 6 nitrogen and oxygen atoms in total. The van der Waals surface area contributed by atoms with Crippen molar-refractivity contribution in [1.29, 1.82) is 0 Å². The quantitative estimate of drug-likeness (QED) is 0.855. The molecule has 0 spiro atoms. The Bertz CT molecular complexity index is 933. The van der Waals surface area contributed by atoms with Crippen molar-refractivity contribution in [2.45, 2.75) is 64.8 Å². The summed E-state index contributed by atoms with van der Waals surface area (Å²) in [6.07, 6.45) is 4.91. The number of carbonyl (C=O) groups excluding carboxylic acids is 2. The Morgan fingerprint density at radius 3 is 2.41 bits per heavy atom. The second-order valence-corrected chi connectivity index (χ2v) is 9.09. The molecular formula is C23H30N4O2. The Balaban J connectivity index is 1.67. The van der Waals surface area contributed by atoms with Gasteiger partial charge in [0.05, 0.1) is 5.69 Å². The van der Waals surface area contributed by atoms with Crippen LogP contribution in [0, 0.1) is 0 Å². The van der Waals surface area contributed by atoms with Crippen molar-refractivity contribution in [3.05, 3.63) is 47.0 Å². The van der Waals surface area contributed by atoms with E-state index in [1.54, 1.807) is 0 Å². The zero-order valence-electron chi connectivity index (χ0n) is 17.6. The van der Waals surface area contributed by atoms with Gasteiger partial charge in [-0.05, 0) is 49.1 Å². The molecule has 1 fully saturated rings. The van der Waals surface area contributed by atoms with Gasteiger partial charge in [0.15, 0.2) is 5.82 Å². The molecule has 0 aliphatic carbocycles. The van der Waals surface area contributed by atoms with Crippen molar-refractivity contribution in [3.8, 4) is 0 Å². The highest BCUT2D eigenvalue weighted by Crippen LogP contribution is 2.30. The number of carbonyl (C=O) groups is 2. The molecule has 1 aromatic heterocycles. The van der Waals surface area contributed by atoms with Crippen molar-refractivity contribution in [3.63, 3.8) is 0 Å². The zero-order chi connectivity index (χ0) is 20.6. The molecule has 1 N–H and O–H groups in total. The lowest BCUT2D eigenvalue weighted by Crippen LogP contribution is -2.29. The largest absolute Gasteiger partial charge is 0.337 e. The van der Waals surface area contributed by atoms with Gasteiger partial charge in [-0.1, -0.05) is 39.0 Å². The van der Waals surface area contributed by atoms with E-state index >= 15 is 0 Å². The van der Waals surface area contributed by atoms with Crippen molar-refractivity contribution >= 4 is 17.5 Å². The predicted octanol–water partition coefficient (Wildman–Crippen LogP) is 4.01. The minimum atomic E-state index is -0.245. The molecule has 2 amide bonds. The lowest BCUT2D eigenvalue weighted by atomic mass is 9.86. The molecule has 1 aromatic carbocycles. The maximum atomic E-state index is 13.2. The molecule has 3 heterocycles. The first-order valence-corrected chi connectivity index (χ1v) is 10.7. The summed E-state index contributed by atoms with van der Waals surface area (Å²) < 4.78 is 1.96. The van der Waals surface area contributed by atoms with Gasteiger partial charge >= 0.3 is 0 Å². The summed E-state index contributed by atoms with van der Waals surface area (Å²) in [6, 6.07) is 7.88. The van der Waals surface area contributed by atoms with Crippen LogP contribution in [-0.2, 0) is 18.4 Å². The summed E-state index contributed by atoms with van der Waals surface area (Å²) >= 11 is 0. The SMILES string of the molecule is CC(C)(C)c1ccccc1NC(=O)c1nc(C(=O)N2CCCC2)c2n1CCCC2. The van der Waals surface area contributed by atoms with E-state index in [4.69, 9.17) is 0 Å². The first kappa shape index (κ1) is 19.7. The second kappa shape index (κ2) is 7.65. The Labute approximate surface area is 172 Å². The summed E-state index contributed by atoms with van der Waals surface area (Å²) in [6.45, 7) is 8.68. The number of amides is 2. The van der Waals surface area contributed by atoms with Crippen molar-refractivity contribution in [2.75, 3.05) is 18.4 Å². The normalized spacial score (nSPS) is 16.6. The van der Waals surface area contributed by atoms with Crippen molar-refractivity contribution in [1.82, 2.24) is 14.5 Å². The predicted molar refractivity (Wildman–Crippen MR) is 113 cm³/mol. The van der Waals surface area contributed by atoms with E-state index in [0.29, 0.717) is 11.5 Å². The van der Waals surface area contributed by atoms with E-state index in [9.17, 15) is 9.59 Å². The van der Waals surface area contributed by atoms with Gasteiger partial charge in [0.2, 0.25) is 0 Å². The first-order valence-electron chi connectivity index (χ1n) is 10.7. The fourth-order valence-corrected chi connectivity index (χ4v) is 4.38. The molecule has 0 unspecified atom stereocenters. The topological polar surface area (TPSA) is 67.2 Å². The molecule has 0 radical (unpaired) electrons. The van der Waals surface area contributed by atoms with Crippen molar-refractivity contribution in [2.24, 2.45) is 0 Å². The van der Waals surface area contributed by atoms with Crippen LogP contribution in [0.2, 0.25) is 0 Å². The van der Waals surface area contributed by atoms with Crippen LogP contribution in [0.25, 0.3) is 0 Å². The van der Waals surface area contributed by atoms with Crippen LogP contribution >= 0.6 is 0 Å². The number of hydrogen-bond donors (Lipinski definition) is 1. The third-order valence-electron chi connectivity index (χ3n) is 5.90. The fraction of sp³-hybridized carbons (Fsp3) is 0.522. The monoisotopic (exact) mass is 394 g/mol. The van der Waals surface area contributed by atoms with Crippen LogP contribution in [0.3, 0.4) is 0 Å². The molecule has 2 aliphatic heterocycles. The maximum absolute atomic E-state index is 13.2. The molecular weight excluding hydrogens is 364 g/mol. The highest BCUT2D eigenvalue weighted by molar-refractivity contribution is 6.04. The molecule has 154 valence electrons. The molecule has 29 heavy (non-hydrogen) atoms. The number of anilines is 1. The van der Waals surface area contributed by atoms with Crippen LogP contribution in [0.15, 0.2) is 24.3 Å². The third-order valence-corrected chi connectivity index (χ3v) is 5.90. The minimum Gasteiger partial charge on any atom is -0.337 e. The number of likely N-dealkylation sites (tertiary alicyclic amines) is 1. The van der Waals surface area contributed by atoms with Gasteiger partial charge in [-0.15, -0.1) is 0 Å². The van der Waals surface area contributed by atoms with E-state index in [-0.39, 0.29) is 17.2 Å². The number of aromatic nitrogens is 2. The lowest BCUT2D eigenvalue weighted by Gasteiger charge is -2.23. The summed E-state index contributed by atoms with van der Waals surface area (Å²) in [5.41, 5.74) is 3.17. The lowest BCUT2D eigenvalue weighted by molar-refractivity contribution is 0.0786. The average molecular weight is 395 g/mol. The smallest absolute Gasteiger partial charge is 0.291 e. The van der Waals surface area contributed by atoms with E-state index in [2.05, 4.69) is 31.1 Å². The summed E-state index contributed by atoms with van der Waals surface area (Å²) in [5.74, 6) is 0.0820. The minimum absolute atomic E-state index is 0.0257. The third kappa shape index (κ3) is 3.80. The van der Waals surface area contributed by atoms with E-state index in [0.717, 1.165) is 68.7 Å². The Kier molecular flexibility index (Phi) is 5.19. The summed E-state index contributed by atoms with van der Waals surface area (Å²) in [4.78, 5) is 32.7. The number of imidazole rings is 1. The van der Waals surface area contributed by atoms with Gasteiger partial charge in [-0.3, -0.25) is 9.59 Å². The second-order valence-electron chi connectivity index (χ2n) is 9.09. The fourth-order valence-electron chi connectivity index (χ4n) is 4.38. The first-order chi connectivity index (χ1) is 13.9. The molecule has 6 heteroatoms. The molecule has 2 aromatic rings. The number of rotatable bonds is 3. The number of fused-ring (bicyclic) bond motifs is 1. The van der Waals surface area contributed by atoms with Crippen LogP contribution in [0.5, 0.6) is 0 Å². The molecule has 4 rings (SSSR count). The van der Waals surface area contributed by atoms with Gasteiger partial charge in [0.1, 0.15) is 5.69 Å². The van der Waals surface area contributed by atoms with Crippen LogP contribution in [-0.4, -0.2) is 39.4 Å². The van der Waals surface area contributed by atoms with Crippen LogP contribution in [0.1, 0.15) is 78.8 Å². The highest BCUT2D eigenvalue weighted by atomic mass is 16.2. The van der Waals surface area contributed by atoms with E-state index < -0.39 is 0 Å². The Hall–Kier alpha value is -2.63. The van der Waals surface area contributed by atoms with Crippen LogP contribution < -0.4 is 5.32 Å². The van der Waals surface area contributed by atoms with Gasteiger partial charge < -0.3 is 14.8 Å². The summed E-state index contributed by atoms with van der Waals surface area (Å²) in [7, 11) is 0. The number of nitrogens with zero attached hydrogens (tertiary/aromatic N) is 3. The van der Waals surface area contributed by atoms with Crippen molar-refractivity contribution < 1.29 is 9.59 Å². The number of benzene rings is 1. The van der Waals surface area contributed by atoms with Gasteiger partial charge in [-0.2, -0.15) is 0 Å². The number of hydrogen-bond acceptors (Lipinski definition) is 3. The van der Waals surface area contributed by atoms with Gasteiger partial charge in [0, 0.05) is 25.3 Å². The molecule has 0 saturated carbocycles. The van der Waals surface area contributed by atoms with Gasteiger partial charge in [-0.25, -0.2) is 4.98 Å². The zero-order valence-corrected chi connectivity index (χ0v) is 17.6. The van der Waals surface area contributed by atoms with Crippen LogP contribution in [0.4, 0.5) is 5.69 Å². The molecule has 0 atom stereocenters. The van der Waals surface area contributed by atoms with E-state index in [1.165, 1.54) is 0 Å². The Morgan fingerprint density at radius 2 is 1.69 bits per heavy atom. The highest BCUT2D eigenvalue weighted by Gasteiger charge is 2.31. The maximum Gasteiger partial charge on any atom is 0.291 e. The van der Waals surface area contributed by atoms with Gasteiger partial charge in [0.25, 0.3) is 11.8 Å². The molecule has 2 aliphatic rings.